The number of anilines is 1. The van der Waals surface area contributed by atoms with Crippen LogP contribution in [0.1, 0.15) is 41.1 Å². The second-order valence-corrected chi connectivity index (χ2v) is 9.46. The molecule has 0 aliphatic heterocycles. The smallest absolute Gasteiger partial charge is 0.261 e. The molecular weight excluding hydrogens is 400 g/mol. The third kappa shape index (κ3) is 4.41. The highest BCUT2D eigenvalue weighted by molar-refractivity contribution is 7.92. The first-order chi connectivity index (χ1) is 14.3. The third-order valence-corrected chi connectivity index (χ3v) is 6.73. The van der Waals surface area contributed by atoms with Crippen molar-refractivity contribution in [2.45, 2.75) is 30.7 Å². The van der Waals surface area contributed by atoms with E-state index in [4.69, 9.17) is 4.42 Å². The highest BCUT2D eigenvalue weighted by Gasteiger charge is 2.36. The molecule has 1 N–H and O–H groups in total. The summed E-state index contributed by atoms with van der Waals surface area (Å²) < 4.78 is 33.4. The molecule has 7 heteroatoms. The average Bonchev–Trinajstić information content (AvgIpc) is 3.28. The van der Waals surface area contributed by atoms with Crippen molar-refractivity contribution in [1.29, 1.82) is 0 Å². The number of rotatable bonds is 7. The first kappa shape index (κ1) is 20.2. The lowest BCUT2D eigenvalue weighted by Gasteiger charge is -2.16. The molecule has 0 unspecified atom stereocenters. The summed E-state index contributed by atoms with van der Waals surface area (Å²) in [5.74, 6) is 2.69. The van der Waals surface area contributed by atoms with E-state index in [0.717, 1.165) is 17.9 Å². The fourth-order valence-corrected chi connectivity index (χ4v) is 4.48. The lowest BCUT2D eigenvalue weighted by molar-refractivity contribution is 0.0774. The molecule has 30 heavy (non-hydrogen) atoms. The minimum atomic E-state index is -3.72. The highest BCUT2D eigenvalue weighted by atomic mass is 32.2. The fraction of sp³-hybridized carbons (Fsp3) is 0.261. The van der Waals surface area contributed by atoms with Gasteiger partial charge in [-0.1, -0.05) is 25.1 Å². The molecule has 2 aromatic carbocycles. The van der Waals surface area contributed by atoms with Gasteiger partial charge in [0, 0.05) is 24.2 Å². The van der Waals surface area contributed by atoms with Crippen molar-refractivity contribution in [3.63, 3.8) is 0 Å². The Morgan fingerprint density at radius 2 is 1.73 bits per heavy atom. The Bertz CT molecular complexity index is 1140. The predicted molar refractivity (Wildman–Crippen MR) is 115 cm³/mol. The Morgan fingerprint density at radius 1 is 1.07 bits per heavy atom. The Hall–Kier alpha value is -3.06. The van der Waals surface area contributed by atoms with Gasteiger partial charge in [-0.25, -0.2) is 8.42 Å². The van der Waals surface area contributed by atoms with Crippen LogP contribution in [0.2, 0.25) is 0 Å². The van der Waals surface area contributed by atoms with Crippen molar-refractivity contribution in [3.05, 3.63) is 83.8 Å². The molecule has 2 atom stereocenters. The minimum absolute atomic E-state index is 0.0970. The lowest BCUT2D eigenvalue weighted by atomic mass is 10.2. The number of hydrogen-bond acceptors (Lipinski definition) is 4. The van der Waals surface area contributed by atoms with Gasteiger partial charge in [0.05, 0.1) is 11.4 Å². The predicted octanol–water partition coefficient (Wildman–Crippen LogP) is 4.48. The van der Waals surface area contributed by atoms with Crippen LogP contribution in [0.5, 0.6) is 0 Å². The summed E-state index contributed by atoms with van der Waals surface area (Å²) in [5.41, 5.74) is 0.898. The Kier molecular flexibility index (Phi) is 5.39. The molecule has 1 aliphatic carbocycles. The van der Waals surface area contributed by atoms with Crippen molar-refractivity contribution in [1.82, 2.24) is 4.90 Å². The number of nitrogens with one attached hydrogen (secondary N) is 1. The van der Waals surface area contributed by atoms with E-state index in [-0.39, 0.29) is 10.8 Å². The zero-order valence-corrected chi connectivity index (χ0v) is 17.7. The van der Waals surface area contributed by atoms with E-state index in [1.807, 2.05) is 18.2 Å². The van der Waals surface area contributed by atoms with Gasteiger partial charge in [-0.2, -0.15) is 0 Å². The van der Waals surface area contributed by atoms with E-state index in [1.54, 1.807) is 36.2 Å². The number of amides is 1. The van der Waals surface area contributed by atoms with Gasteiger partial charge in [-0.15, -0.1) is 0 Å². The van der Waals surface area contributed by atoms with Crippen LogP contribution < -0.4 is 4.72 Å². The number of nitrogens with zero attached hydrogens (tertiary/aromatic N) is 1. The molecule has 1 aromatic heterocycles. The van der Waals surface area contributed by atoms with Gasteiger partial charge in [0.2, 0.25) is 0 Å². The van der Waals surface area contributed by atoms with Crippen LogP contribution in [0.3, 0.4) is 0 Å². The quantitative estimate of drug-likeness (QED) is 0.607. The molecular formula is C23H24N2O4S. The van der Waals surface area contributed by atoms with Crippen molar-refractivity contribution >= 4 is 21.6 Å². The zero-order chi connectivity index (χ0) is 21.3. The van der Waals surface area contributed by atoms with Crippen LogP contribution in [0, 0.1) is 5.92 Å². The van der Waals surface area contributed by atoms with E-state index in [2.05, 4.69) is 11.6 Å². The molecule has 156 valence electrons. The van der Waals surface area contributed by atoms with Crippen molar-refractivity contribution in [2.75, 3.05) is 11.8 Å². The number of furan rings is 1. The summed E-state index contributed by atoms with van der Waals surface area (Å²) in [6, 6.07) is 18.5. The van der Waals surface area contributed by atoms with Crippen LogP contribution in [-0.2, 0) is 16.6 Å². The Labute approximate surface area is 176 Å². The molecule has 6 nitrogen and oxygen atoms in total. The molecule has 4 rings (SSSR count). The van der Waals surface area contributed by atoms with Crippen molar-refractivity contribution < 1.29 is 17.6 Å². The van der Waals surface area contributed by atoms with E-state index < -0.39 is 10.0 Å². The Morgan fingerprint density at radius 3 is 2.37 bits per heavy atom. The van der Waals surface area contributed by atoms with Gasteiger partial charge in [-0.05, 0) is 60.9 Å². The molecule has 0 spiro atoms. The lowest BCUT2D eigenvalue weighted by Crippen LogP contribution is -2.26. The molecule has 1 heterocycles. The molecule has 1 amide bonds. The SMILES string of the molecule is C[C@H]1C[C@@H]1c1ccc(CN(C)C(=O)c2ccc(S(=O)(=O)Nc3ccccc3)cc2)o1. The largest absolute Gasteiger partial charge is 0.464 e. The summed E-state index contributed by atoms with van der Waals surface area (Å²) in [6.07, 6.45) is 1.15. The van der Waals surface area contributed by atoms with Gasteiger partial charge in [0.25, 0.3) is 15.9 Å². The van der Waals surface area contributed by atoms with E-state index in [1.165, 1.54) is 24.3 Å². The van der Waals surface area contributed by atoms with E-state index in [9.17, 15) is 13.2 Å². The van der Waals surface area contributed by atoms with Gasteiger partial charge in [0.15, 0.2) is 0 Å². The van der Waals surface area contributed by atoms with Crippen LogP contribution >= 0.6 is 0 Å². The highest BCUT2D eigenvalue weighted by Crippen LogP contribution is 2.47. The molecule has 3 aromatic rings. The summed E-state index contributed by atoms with van der Waals surface area (Å²) in [4.78, 5) is 14.4. The second-order valence-electron chi connectivity index (χ2n) is 7.78. The van der Waals surface area contributed by atoms with Crippen molar-refractivity contribution in [2.24, 2.45) is 5.92 Å². The standard InChI is InChI=1S/C23H24N2O4S/c1-16-14-21(16)22-13-10-19(29-22)15-25(2)23(26)17-8-11-20(12-9-17)30(27,28)24-18-6-4-3-5-7-18/h3-13,16,21,24H,14-15H2,1-2H3/t16-,21-/m0/s1. The van der Waals surface area contributed by atoms with E-state index in [0.29, 0.717) is 29.6 Å². The van der Waals surface area contributed by atoms with E-state index >= 15 is 0 Å². The number of carbonyl (C=O) groups excluding carboxylic acids is 1. The Balaban J connectivity index is 1.41. The molecule has 0 bridgehead atoms. The number of carbonyl (C=O) groups is 1. The molecule has 0 radical (unpaired) electrons. The normalized spacial score (nSPS) is 18.1. The summed E-state index contributed by atoms with van der Waals surface area (Å²) in [7, 11) is -2.02. The number of benzene rings is 2. The second kappa shape index (κ2) is 7.99. The monoisotopic (exact) mass is 424 g/mol. The van der Waals surface area contributed by atoms with Gasteiger partial charge < -0.3 is 9.32 Å². The molecule has 1 fully saturated rings. The summed E-state index contributed by atoms with van der Waals surface area (Å²) in [6.45, 7) is 2.55. The van der Waals surface area contributed by atoms with Crippen molar-refractivity contribution in [3.8, 4) is 0 Å². The molecule has 0 saturated heterocycles. The first-order valence-corrected chi connectivity index (χ1v) is 11.3. The maximum atomic E-state index is 12.7. The van der Waals surface area contributed by atoms with Crippen LogP contribution in [-0.4, -0.2) is 26.3 Å². The van der Waals surface area contributed by atoms with Gasteiger partial charge in [-0.3, -0.25) is 9.52 Å². The fourth-order valence-electron chi connectivity index (χ4n) is 3.42. The van der Waals surface area contributed by atoms with Crippen LogP contribution in [0.15, 0.2) is 76.0 Å². The third-order valence-electron chi connectivity index (χ3n) is 5.33. The number of hydrogen-bond donors (Lipinski definition) is 1. The maximum Gasteiger partial charge on any atom is 0.261 e. The average molecular weight is 425 g/mol. The molecule has 1 saturated carbocycles. The zero-order valence-electron chi connectivity index (χ0n) is 16.9. The topological polar surface area (TPSA) is 79.6 Å². The molecule has 1 aliphatic rings. The van der Waals surface area contributed by atoms with Crippen LogP contribution in [0.25, 0.3) is 0 Å². The number of sulfonamides is 1. The summed E-state index contributed by atoms with van der Waals surface area (Å²) >= 11 is 0. The first-order valence-electron chi connectivity index (χ1n) is 9.85. The van der Waals surface area contributed by atoms with Gasteiger partial charge >= 0.3 is 0 Å². The van der Waals surface area contributed by atoms with Crippen LogP contribution in [0.4, 0.5) is 5.69 Å². The maximum absolute atomic E-state index is 12.7. The van der Waals surface area contributed by atoms with Gasteiger partial charge in [0.1, 0.15) is 11.5 Å². The minimum Gasteiger partial charge on any atom is -0.464 e. The summed E-state index contributed by atoms with van der Waals surface area (Å²) in [5, 5.41) is 0. The number of para-hydroxylation sites is 1.